The van der Waals surface area contributed by atoms with E-state index in [-0.39, 0.29) is 0 Å². The van der Waals surface area contributed by atoms with Gasteiger partial charge in [0.05, 0.1) is 13.2 Å². The summed E-state index contributed by atoms with van der Waals surface area (Å²) in [5.41, 5.74) is 0. The molecule has 4 heteroatoms. The van der Waals surface area contributed by atoms with Crippen molar-refractivity contribution in [3.8, 4) is 0 Å². The SMILES string of the molecule is O=C(CC1CC2CCC(C1)N2)N1CCOCC1. The van der Waals surface area contributed by atoms with Crippen molar-refractivity contribution in [2.75, 3.05) is 26.3 Å². The third kappa shape index (κ3) is 2.63. The van der Waals surface area contributed by atoms with Crippen LogP contribution in [-0.2, 0) is 9.53 Å². The van der Waals surface area contributed by atoms with Gasteiger partial charge in [-0.1, -0.05) is 0 Å². The van der Waals surface area contributed by atoms with E-state index in [1.54, 1.807) is 0 Å². The third-order valence-corrected chi connectivity index (χ3v) is 4.40. The number of hydrogen-bond donors (Lipinski definition) is 1. The Labute approximate surface area is 103 Å². The van der Waals surface area contributed by atoms with Crippen molar-refractivity contribution in [1.29, 1.82) is 0 Å². The van der Waals surface area contributed by atoms with Crippen LogP contribution in [0.25, 0.3) is 0 Å². The van der Waals surface area contributed by atoms with Gasteiger partial charge < -0.3 is 15.0 Å². The number of piperidine rings is 1. The van der Waals surface area contributed by atoms with Gasteiger partial charge in [0.15, 0.2) is 0 Å². The van der Waals surface area contributed by atoms with Gasteiger partial charge in [-0.15, -0.1) is 0 Å². The predicted octanol–water partition coefficient (Wildman–Crippen LogP) is 0.766. The Kier molecular flexibility index (Phi) is 3.34. The molecule has 0 aromatic rings. The van der Waals surface area contributed by atoms with Crippen molar-refractivity contribution in [3.05, 3.63) is 0 Å². The molecule has 3 rings (SSSR count). The van der Waals surface area contributed by atoms with Crippen LogP contribution in [0.5, 0.6) is 0 Å². The van der Waals surface area contributed by atoms with Gasteiger partial charge in [-0.25, -0.2) is 0 Å². The van der Waals surface area contributed by atoms with Gasteiger partial charge in [-0.05, 0) is 31.6 Å². The lowest BCUT2D eigenvalue weighted by molar-refractivity contribution is -0.136. The van der Waals surface area contributed by atoms with Crippen molar-refractivity contribution in [3.63, 3.8) is 0 Å². The Morgan fingerprint density at radius 1 is 1.18 bits per heavy atom. The van der Waals surface area contributed by atoms with E-state index >= 15 is 0 Å². The van der Waals surface area contributed by atoms with Crippen molar-refractivity contribution in [1.82, 2.24) is 10.2 Å². The average molecular weight is 238 g/mol. The van der Waals surface area contributed by atoms with E-state index in [0.29, 0.717) is 37.1 Å². The highest BCUT2D eigenvalue weighted by molar-refractivity contribution is 5.76. The number of fused-ring (bicyclic) bond motifs is 2. The van der Waals surface area contributed by atoms with Gasteiger partial charge in [-0.2, -0.15) is 0 Å². The standard InChI is InChI=1S/C13H22N2O2/c16-13(15-3-5-17-6-4-15)9-10-7-11-1-2-12(8-10)14-11/h10-12,14H,1-9H2. The summed E-state index contributed by atoms with van der Waals surface area (Å²) in [6.07, 6.45) is 5.79. The Balaban J connectivity index is 1.50. The summed E-state index contributed by atoms with van der Waals surface area (Å²) in [7, 11) is 0. The second-order valence-electron chi connectivity index (χ2n) is 5.67. The molecule has 0 spiro atoms. The summed E-state index contributed by atoms with van der Waals surface area (Å²) in [5.74, 6) is 0.962. The van der Waals surface area contributed by atoms with Gasteiger partial charge in [0.25, 0.3) is 0 Å². The molecule has 0 aliphatic carbocycles. The highest BCUT2D eigenvalue weighted by Gasteiger charge is 2.34. The van der Waals surface area contributed by atoms with Gasteiger partial charge in [-0.3, -0.25) is 4.79 Å². The van der Waals surface area contributed by atoms with Gasteiger partial charge in [0.1, 0.15) is 0 Å². The number of rotatable bonds is 2. The van der Waals surface area contributed by atoms with Crippen LogP contribution in [0, 0.1) is 5.92 Å². The largest absolute Gasteiger partial charge is 0.378 e. The number of hydrogen-bond acceptors (Lipinski definition) is 3. The van der Waals surface area contributed by atoms with Gasteiger partial charge in [0.2, 0.25) is 5.91 Å². The molecule has 0 aromatic heterocycles. The maximum absolute atomic E-state index is 12.2. The summed E-state index contributed by atoms with van der Waals surface area (Å²) >= 11 is 0. The maximum atomic E-state index is 12.2. The quantitative estimate of drug-likeness (QED) is 0.772. The summed E-state index contributed by atoms with van der Waals surface area (Å²) in [4.78, 5) is 14.1. The first-order valence-electron chi connectivity index (χ1n) is 6.93. The van der Waals surface area contributed by atoms with Crippen LogP contribution < -0.4 is 5.32 Å². The average Bonchev–Trinajstić information content (AvgIpc) is 2.70. The molecule has 0 saturated carbocycles. The number of nitrogens with zero attached hydrogens (tertiary/aromatic N) is 1. The second kappa shape index (κ2) is 4.94. The van der Waals surface area contributed by atoms with Crippen LogP contribution in [0.15, 0.2) is 0 Å². The molecule has 1 N–H and O–H groups in total. The van der Waals surface area contributed by atoms with E-state index in [2.05, 4.69) is 5.32 Å². The Hall–Kier alpha value is -0.610. The molecular formula is C13H22N2O2. The van der Waals surface area contributed by atoms with Crippen LogP contribution in [0.1, 0.15) is 32.1 Å². The number of morpholine rings is 1. The lowest BCUT2D eigenvalue weighted by Gasteiger charge is -2.32. The van der Waals surface area contributed by atoms with Crippen LogP contribution in [0.4, 0.5) is 0 Å². The highest BCUT2D eigenvalue weighted by Crippen LogP contribution is 2.32. The van der Waals surface area contributed by atoms with Crippen molar-refractivity contribution in [2.24, 2.45) is 5.92 Å². The van der Waals surface area contributed by atoms with Crippen LogP contribution in [-0.4, -0.2) is 49.2 Å². The monoisotopic (exact) mass is 238 g/mol. The fourth-order valence-corrected chi connectivity index (χ4v) is 3.53. The molecule has 2 atom stereocenters. The molecular weight excluding hydrogens is 216 g/mol. The van der Waals surface area contributed by atoms with Gasteiger partial charge in [0, 0.05) is 31.6 Å². The second-order valence-corrected chi connectivity index (χ2v) is 5.67. The molecule has 96 valence electrons. The predicted molar refractivity (Wildman–Crippen MR) is 64.7 cm³/mol. The summed E-state index contributed by atoms with van der Waals surface area (Å²) in [6, 6.07) is 1.38. The van der Waals surface area contributed by atoms with E-state index in [1.165, 1.54) is 25.7 Å². The molecule has 3 aliphatic heterocycles. The number of carbonyl (C=O) groups is 1. The smallest absolute Gasteiger partial charge is 0.223 e. The van der Waals surface area contributed by atoms with Crippen LogP contribution in [0.3, 0.4) is 0 Å². The van der Waals surface area contributed by atoms with E-state index in [1.807, 2.05) is 4.90 Å². The first-order valence-corrected chi connectivity index (χ1v) is 6.93. The highest BCUT2D eigenvalue weighted by atomic mass is 16.5. The Morgan fingerprint density at radius 2 is 1.82 bits per heavy atom. The zero-order valence-electron chi connectivity index (χ0n) is 10.4. The van der Waals surface area contributed by atoms with Crippen molar-refractivity contribution < 1.29 is 9.53 Å². The maximum Gasteiger partial charge on any atom is 0.223 e. The molecule has 0 aromatic carbocycles. The van der Waals surface area contributed by atoms with E-state index in [4.69, 9.17) is 4.74 Å². The molecule has 3 aliphatic rings. The first-order chi connectivity index (χ1) is 8.31. The minimum Gasteiger partial charge on any atom is -0.378 e. The Morgan fingerprint density at radius 3 is 2.47 bits per heavy atom. The molecule has 17 heavy (non-hydrogen) atoms. The van der Waals surface area contributed by atoms with Crippen molar-refractivity contribution >= 4 is 5.91 Å². The summed E-state index contributed by atoms with van der Waals surface area (Å²) < 4.78 is 5.28. The number of amides is 1. The summed E-state index contributed by atoms with van der Waals surface area (Å²) in [5, 5.41) is 3.63. The molecule has 2 bridgehead atoms. The number of carbonyl (C=O) groups excluding carboxylic acids is 1. The minimum atomic E-state index is 0.347. The van der Waals surface area contributed by atoms with Crippen LogP contribution >= 0.6 is 0 Å². The summed E-state index contributed by atoms with van der Waals surface area (Å²) in [6.45, 7) is 3.00. The third-order valence-electron chi connectivity index (χ3n) is 4.40. The lowest BCUT2D eigenvalue weighted by atomic mass is 9.89. The lowest BCUT2D eigenvalue weighted by Crippen LogP contribution is -2.43. The normalized spacial score (nSPS) is 37.2. The molecule has 0 radical (unpaired) electrons. The van der Waals surface area contributed by atoms with Crippen LogP contribution in [0.2, 0.25) is 0 Å². The molecule has 2 unspecified atom stereocenters. The molecule has 3 saturated heterocycles. The zero-order valence-corrected chi connectivity index (χ0v) is 10.4. The number of nitrogens with one attached hydrogen (secondary N) is 1. The van der Waals surface area contributed by atoms with E-state index in [9.17, 15) is 4.79 Å². The molecule has 1 amide bonds. The van der Waals surface area contributed by atoms with Crippen molar-refractivity contribution in [2.45, 2.75) is 44.2 Å². The fraction of sp³-hybridized carbons (Fsp3) is 0.923. The minimum absolute atomic E-state index is 0.347. The zero-order chi connectivity index (χ0) is 11.7. The van der Waals surface area contributed by atoms with Gasteiger partial charge >= 0.3 is 0 Å². The fourth-order valence-electron chi connectivity index (χ4n) is 3.53. The van der Waals surface area contributed by atoms with E-state index < -0.39 is 0 Å². The molecule has 3 heterocycles. The topological polar surface area (TPSA) is 41.6 Å². The number of ether oxygens (including phenoxy) is 1. The first kappa shape index (κ1) is 11.5. The Bertz CT molecular complexity index is 277. The van der Waals surface area contributed by atoms with E-state index in [0.717, 1.165) is 19.5 Å². The molecule has 4 nitrogen and oxygen atoms in total. The molecule has 3 fully saturated rings.